The van der Waals surface area contributed by atoms with Crippen LogP contribution in [0.1, 0.15) is 12.7 Å². The number of rotatable bonds is 8. The summed E-state index contributed by atoms with van der Waals surface area (Å²) in [6, 6.07) is 9.90. The van der Waals surface area contributed by atoms with Gasteiger partial charge in [-0.3, -0.25) is 4.99 Å². The third-order valence-electron chi connectivity index (χ3n) is 3.01. The SMILES string of the molecule is CCNC(=NCCc1ccco1)NCCOc1cccc(F)c1.I. The number of benzene rings is 1. The third kappa shape index (κ3) is 7.67. The average Bonchev–Trinajstić information content (AvgIpc) is 3.05. The first-order chi connectivity index (χ1) is 11.3. The Kier molecular flexibility index (Phi) is 9.90. The molecule has 2 aromatic rings. The molecule has 0 saturated heterocycles. The number of ether oxygens (including phenoxy) is 1. The molecule has 0 aliphatic carbocycles. The molecule has 0 spiro atoms. The fourth-order valence-corrected chi connectivity index (χ4v) is 1.97. The van der Waals surface area contributed by atoms with Crippen molar-refractivity contribution in [3.05, 3.63) is 54.2 Å². The highest BCUT2D eigenvalue weighted by Crippen LogP contribution is 2.11. The van der Waals surface area contributed by atoms with Gasteiger partial charge >= 0.3 is 0 Å². The Morgan fingerprint density at radius 3 is 2.83 bits per heavy atom. The Labute approximate surface area is 158 Å². The van der Waals surface area contributed by atoms with E-state index >= 15 is 0 Å². The summed E-state index contributed by atoms with van der Waals surface area (Å²) in [5.74, 6) is 1.86. The number of hydrogen-bond donors (Lipinski definition) is 2. The van der Waals surface area contributed by atoms with E-state index in [9.17, 15) is 4.39 Å². The van der Waals surface area contributed by atoms with Gasteiger partial charge in [0, 0.05) is 25.6 Å². The topological polar surface area (TPSA) is 58.8 Å². The highest BCUT2D eigenvalue weighted by molar-refractivity contribution is 14.0. The van der Waals surface area contributed by atoms with Crippen LogP contribution >= 0.6 is 24.0 Å². The van der Waals surface area contributed by atoms with Crippen molar-refractivity contribution in [2.24, 2.45) is 4.99 Å². The van der Waals surface area contributed by atoms with E-state index in [2.05, 4.69) is 15.6 Å². The number of guanidine groups is 1. The minimum absolute atomic E-state index is 0. The molecule has 0 fully saturated rings. The summed E-state index contributed by atoms with van der Waals surface area (Å²) in [5, 5.41) is 6.34. The van der Waals surface area contributed by atoms with Crippen LogP contribution in [-0.4, -0.2) is 32.2 Å². The maximum atomic E-state index is 13.0. The number of nitrogens with one attached hydrogen (secondary N) is 2. The van der Waals surface area contributed by atoms with Crippen molar-refractivity contribution in [1.29, 1.82) is 0 Å². The van der Waals surface area contributed by atoms with Gasteiger partial charge in [-0.15, -0.1) is 24.0 Å². The van der Waals surface area contributed by atoms with Crippen LogP contribution in [0.2, 0.25) is 0 Å². The average molecular weight is 447 g/mol. The van der Waals surface area contributed by atoms with Crippen LogP contribution in [0.25, 0.3) is 0 Å². The summed E-state index contributed by atoms with van der Waals surface area (Å²) >= 11 is 0. The zero-order valence-electron chi connectivity index (χ0n) is 13.6. The van der Waals surface area contributed by atoms with Crippen LogP contribution < -0.4 is 15.4 Å². The van der Waals surface area contributed by atoms with Crippen LogP contribution in [0.15, 0.2) is 52.1 Å². The third-order valence-corrected chi connectivity index (χ3v) is 3.01. The lowest BCUT2D eigenvalue weighted by Gasteiger charge is -2.12. The molecule has 1 aromatic carbocycles. The van der Waals surface area contributed by atoms with Gasteiger partial charge in [0.05, 0.1) is 12.8 Å². The van der Waals surface area contributed by atoms with E-state index in [1.165, 1.54) is 12.1 Å². The van der Waals surface area contributed by atoms with Crippen molar-refractivity contribution in [3.63, 3.8) is 0 Å². The van der Waals surface area contributed by atoms with Gasteiger partial charge < -0.3 is 19.8 Å². The van der Waals surface area contributed by atoms with E-state index in [0.29, 0.717) is 25.4 Å². The van der Waals surface area contributed by atoms with E-state index in [1.54, 1.807) is 18.4 Å². The van der Waals surface area contributed by atoms with Gasteiger partial charge in [0.25, 0.3) is 0 Å². The molecule has 2 rings (SSSR count). The van der Waals surface area contributed by atoms with E-state index in [-0.39, 0.29) is 29.8 Å². The second-order valence-electron chi connectivity index (χ2n) is 4.82. The Morgan fingerprint density at radius 1 is 1.25 bits per heavy atom. The van der Waals surface area contributed by atoms with Gasteiger partial charge in [-0.25, -0.2) is 4.39 Å². The van der Waals surface area contributed by atoms with Crippen molar-refractivity contribution < 1.29 is 13.5 Å². The minimum atomic E-state index is -0.303. The predicted octanol–water partition coefficient (Wildman–Crippen LogP) is 3.21. The molecule has 0 amide bonds. The second-order valence-corrected chi connectivity index (χ2v) is 4.82. The Morgan fingerprint density at radius 2 is 2.12 bits per heavy atom. The fourth-order valence-electron chi connectivity index (χ4n) is 1.97. The Bertz CT molecular complexity index is 606. The number of aliphatic imine (C=N–C) groups is 1. The van der Waals surface area contributed by atoms with Crippen molar-refractivity contribution in [3.8, 4) is 5.75 Å². The summed E-state index contributed by atoms with van der Waals surface area (Å²) < 4.78 is 23.8. The van der Waals surface area contributed by atoms with Crippen molar-refractivity contribution >= 4 is 29.9 Å². The van der Waals surface area contributed by atoms with Crippen LogP contribution in [0.3, 0.4) is 0 Å². The molecule has 0 unspecified atom stereocenters. The van der Waals surface area contributed by atoms with Gasteiger partial charge in [0.15, 0.2) is 5.96 Å². The molecule has 1 heterocycles. The van der Waals surface area contributed by atoms with Gasteiger partial charge in [-0.2, -0.15) is 0 Å². The molecule has 2 N–H and O–H groups in total. The molecule has 0 atom stereocenters. The van der Waals surface area contributed by atoms with E-state index in [0.717, 1.165) is 24.7 Å². The molecule has 5 nitrogen and oxygen atoms in total. The van der Waals surface area contributed by atoms with Gasteiger partial charge in [-0.1, -0.05) is 6.07 Å². The van der Waals surface area contributed by atoms with Gasteiger partial charge in [0.1, 0.15) is 23.9 Å². The molecule has 24 heavy (non-hydrogen) atoms. The van der Waals surface area contributed by atoms with Crippen molar-refractivity contribution in [2.45, 2.75) is 13.3 Å². The molecule has 1 aromatic heterocycles. The Hall–Kier alpha value is -1.77. The highest BCUT2D eigenvalue weighted by Gasteiger charge is 2.00. The lowest BCUT2D eigenvalue weighted by Crippen LogP contribution is -2.39. The summed E-state index contributed by atoms with van der Waals surface area (Å²) in [6.45, 7) is 4.41. The van der Waals surface area contributed by atoms with Gasteiger partial charge in [0.2, 0.25) is 0 Å². The zero-order chi connectivity index (χ0) is 16.3. The summed E-state index contributed by atoms with van der Waals surface area (Å²) in [5.41, 5.74) is 0. The number of furan rings is 1. The number of nitrogens with zero attached hydrogens (tertiary/aromatic N) is 1. The predicted molar refractivity (Wildman–Crippen MR) is 104 cm³/mol. The first-order valence-corrected chi connectivity index (χ1v) is 7.71. The first-order valence-electron chi connectivity index (χ1n) is 7.71. The lowest BCUT2D eigenvalue weighted by atomic mass is 10.3. The first kappa shape index (κ1) is 20.3. The van der Waals surface area contributed by atoms with Gasteiger partial charge in [-0.05, 0) is 31.2 Å². The molecule has 0 radical (unpaired) electrons. The molecule has 0 aliphatic heterocycles. The largest absolute Gasteiger partial charge is 0.492 e. The second kappa shape index (κ2) is 11.7. The van der Waals surface area contributed by atoms with Crippen LogP contribution in [0.5, 0.6) is 5.75 Å². The molecule has 0 bridgehead atoms. The molecule has 7 heteroatoms. The normalized spacial score (nSPS) is 10.8. The molecule has 0 saturated carbocycles. The summed E-state index contributed by atoms with van der Waals surface area (Å²) in [6.07, 6.45) is 2.41. The highest BCUT2D eigenvalue weighted by atomic mass is 127. The van der Waals surface area contributed by atoms with Crippen LogP contribution in [-0.2, 0) is 6.42 Å². The monoisotopic (exact) mass is 447 g/mol. The van der Waals surface area contributed by atoms with Crippen LogP contribution in [0.4, 0.5) is 4.39 Å². The van der Waals surface area contributed by atoms with Crippen molar-refractivity contribution in [1.82, 2.24) is 10.6 Å². The van der Waals surface area contributed by atoms with E-state index < -0.39 is 0 Å². The Balaban J connectivity index is 0.00000288. The minimum Gasteiger partial charge on any atom is -0.492 e. The summed E-state index contributed by atoms with van der Waals surface area (Å²) in [4.78, 5) is 4.47. The molecular weight excluding hydrogens is 424 g/mol. The number of hydrogen-bond acceptors (Lipinski definition) is 3. The van der Waals surface area contributed by atoms with Crippen molar-refractivity contribution in [2.75, 3.05) is 26.2 Å². The quantitative estimate of drug-likeness (QED) is 0.283. The molecular formula is C17H23FIN3O2. The van der Waals surface area contributed by atoms with Crippen LogP contribution in [0, 0.1) is 5.82 Å². The maximum absolute atomic E-state index is 13.0. The lowest BCUT2D eigenvalue weighted by molar-refractivity contribution is 0.320. The summed E-state index contributed by atoms with van der Waals surface area (Å²) in [7, 11) is 0. The van der Waals surface area contributed by atoms with E-state index in [1.807, 2.05) is 19.1 Å². The maximum Gasteiger partial charge on any atom is 0.191 e. The number of halogens is 2. The standard InChI is InChI=1S/C17H22FN3O2.HI/c1-2-19-17(20-9-8-15-7-4-11-22-15)21-10-12-23-16-6-3-5-14(18)13-16;/h3-7,11,13H,2,8-10,12H2,1H3,(H2,19,20,21);1H. The fraction of sp³-hybridized carbons (Fsp3) is 0.353. The molecule has 0 aliphatic rings. The smallest absolute Gasteiger partial charge is 0.191 e. The molecule has 132 valence electrons. The van der Waals surface area contributed by atoms with E-state index in [4.69, 9.17) is 9.15 Å². The zero-order valence-corrected chi connectivity index (χ0v) is 16.0.